The fraction of sp³-hybridized carbons (Fsp3) is 0.273. The molecule has 0 radical (unpaired) electrons. The Hall–Kier alpha value is -1.87. The van der Waals surface area contributed by atoms with Crippen LogP contribution in [0.1, 0.15) is 6.92 Å². The molecule has 0 saturated heterocycles. The van der Waals surface area contributed by atoms with E-state index in [2.05, 4.69) is 14.8 Å². The Morgan fingerprint density at radius 2 is 2.15 bits per heavy atom. The Balaban J connectivity index is 2.16. The summed E-state index contributed by atoms with van der Waals surface area (Å²) in [7, 11) is -4.14. The Labute approximate surface area is 114 Å². The molecular weight excluding hydrogens is 290 g/mol. The summed E-state index contributed by atoms with van der Waals surface area (Å²) in [5.74, 6) is -2.61. The van der Waals surface area contributed by atoms with Crippen LogP contribution in [0.4, 0.5) is 8.78 Å². The predicted octanol–water partition coefficient (Wildman–Crippen LogP) is 0.923. The number of hydrogen-bond donors (Lipinski definition) is 1. The molecule has 0 aliphatic rings. The number of benzene rings is 1. The number of nitrogens with zero attached hydrogens (tertiary/aromatic N) is 3. The van der Waals surface area contributed by atoms with Crippen LogP contribution in [0.5, 0.6) is 0 Å². The minimum atomic E-state index is -4.14. The molecule has 0 aliphatic heterocycles. The van der Waals surface area contributed by atoms with E-state index in [1.165, 1.54) is 17.3 Å². The SMILES string of the molecule is CC(Cn1cncn1)NS(=O)(=O)c1cccc(F)c1F. The summed E-state index contributed by atoms with van der Waals surface area (Å²) in [5, 5.41) is 3.83. The first-order valence-electron chi connectivity index (χ1n) is 5.69. The third-order valence-electron chi connectivity index (χ3n) is 2.49. The highest BCUT2D eigenvalue weighted by atomic mass is 32.2. The Morgan fingerprint density at radius 1 is 1.40 bits per heavy atom. The lowest BCUT2D eigenvalue weighted by Crippen LogP contribution is -2.36. The summed E-state index contributed by atoms with van der Waals surface area (Å²) in [6.45, 7) is 1.80. The number of nitrogens with one attached hydrogen (secondary N) is 1. The van der Waals surface area contributed by atoms with Gasteiger partial charge in [0.15, 0.2) is 11.6 Å². The molecule has 9 heteroatoms. The molecule has 0 bridgehead atoms. The number of sulfonamides is 1. The molecule has 1 N–H and O–H groups in total. The first-order valence-corrected chi connectivity index (χ1v) is 7.17. The van der Waals surface area contributed by atoms with Crippen LogP contribution in [0.15, 0.2) is 35.7 Å². The second-order valence-electron chi connectivity index (χ2n) is 4.19. The van der Waals surface area contributed by atoms with Gasteiger partial charge in [-0.3, -0.25) is 4.68 Å². The lowest BCUT2D eigenvalue weighted by atomic mass is 10.3. The highest BCUT2D eigenvalue weighted by Crippen LogP contribution is 2.17. The third-order valence-corrected chi connectivity index (χ3v) is 4.10. The molecule has 0 aliphatic carbocycles. The van der Waals surface area contributed by atoms with Crippen molar-refractivity contribution in [2.24, 2.45) is 0 Å². The lowest BCUT2D eigenvalue weighted by molar-refractivity contribution is 0.472. The summed E-state index contributed by atoms with van der Waals surface area (Å²) in [4.78, 5) is 3.00. The average molecular weight is 302 g/mol. The van der Waals surface area contributed by atoms with E-state index in [1.54, 1.807) is 6.92 Å². The van der Waals surface area contributed by atoms with Gasteiger partial charge in [0.25, 0.3) is 0 Å². The predicted molar refractivity (Wildman–Crippen MR) is 66.2 cm³/mol. The van der Waals surface area contributed by atoms with Crippen molar-refractivity contribution >= 4 is 10.0 Å². The lowest BCUT2D eigenvalue weighted by Gasteiger charge is -2.14. The summed E-state index contributed by atoms with van der Waals surface area (Å²) in [6.07, 6.45) is 2.74. The van der Waals surface area contributed by atoms with Crippen LogP contribution >= 0.6 is 0 Å². The van der Waals surface area contributed by atoms with Gasteiger partial charge in [-0.1, -0.05) is 6.07 Å². The molecule has 0 spiro atoms. The summed E-state index contributed by atoms with van der Waals surface area (Å²) >= 11 is 0. The summed E-state index contributed by atoms with van der Waals surface area (Å²) in [5.41, 5.74) is 0. The maximum atomic E-state index is 13.5. The molecule has 6 nitrogen and oxygen atoms in total. The van der Waals surface area contributed by atoms with Crippen molar-refractivity contribution in [3.8, 4) is 0 Å². The zero-order chi connectivity index (χ0) is 14.8. The first-order chi connectivity index (χ1) is 9.40. The molecule has 1 aromatic heterocycles. The quantitative estimate of drug-likeness (QED) is 0.891. The molecule has 0 fully saturated rings. The van der Waals surface area contributed by atoms with Gasteiger partial charge in [-0.2, -0.15) is 5.10 Å². The van der Waals surface area contributed by atoms with Crippen molar-refractivity contribution in [1.82, 2.24) is 19.5 Å². The highest BCUT2D eigenvalue weighted by Gasteiger charge is 2.23. The standard InChI is InChI=1S/C11H12F2N4O2S/c1-8(5-17-7-14-6-15-17)16-20(18,19)10-4-2-3-9(12)11(10)13/h2-4,6-8,16H,5H2,1H3. The average Bonchev–Trinajstić information content (AvgIpc) is 2.84. The number of halogens is 2. The van der Waals surface area contributed by atoms with E-state index in [1.807, 2.05) is 0 Å². The first kappa shape index (κ1) is 14.5. The topological polar surface area (TPSA) is 76.9 Å². The van der Waals surface area contributed by atoms with Crippen LogP contribution < -0.4 is 4.72 Å². The van der Waals surface area contributed by atoms with Gasteiger partial charge in [-0.15, -0.1) is 0 Å². The number of hydrogen-bond acceptors (Lipinski definition) is 4. The molecular formula is C11H12F2N4O2S. The van der Waals surface area contributed by atoms with Crippen molar-refractivity contribution in [2.45, 2.75) is 24.4 Å². The largest absolute Gasteiger partial charge is 0.251 e. The van der Waals surface area contributed by atoms with Crippen LogP contribution in [0.3, 0.4) is 0 Å². The van der Waals surface area contributed by atoms with Crippen LogP contribution in [-0.4, -0.2) is 29.2 Å². The second kappa shape index (κ2) is 5.63. The van der Waals surface area contributed by atoms with E-state index in [9.17, 15) is 17.2 Å². The Morgan fingerprint density at radius 3 is 2.80 bits per heavy atom. The van der Waals surface area contributed by atoms with Crippen LogP contribution in [-0.2, 0) is 16.6 Å². The molecule has 0 amide bonds. The zero-order valence-electron chi connectivity index (χ0n) is 10.5. The van der Waals surface area contributed by atoms with Crippen molar-refractivity contribution in [3.63, 3.8) is 0 Å². The van der Waals surface area contributed by atoms with Gasteiger partial charge in [-0.05, 0) is 19.1 Å². The molecule has 20 heavy (non-hydrogen) atoms. The van der Waals surface area contributed by atoms with Gasteiger partial charge in [0.05, 0.1) is 6.54 Å². The molecule has 2 rings (SSSR count). The van der Waals surface area contributed by atoms with Crippen LogP contribution in [0, 0.1) is 11.6 Å². The Kier molecular flexibility index (Phi) is 4.09. The number of aromatic nitrogens is 3. The van der Waals surface area contributed by atoms with Gasteiger partial charge in [0.2, 0.25) is 10.0 Å². The van der Waals surface area contributed by atoms with E-state index >= 15 is 0 Å². The zero-order valence-corrected chi connectivity index (χ0v) is 11.3. The Bertz CT molecular complexity index is 688. The maximum absolute atomic E-state index is 13.5. The monoisotopic (exact) mass is 302 g/mol. The van der Waals surface area contributed by atoms with Crippen LogP contribution in [0.2, 0.25) is 0 Å². The third kappa shape index (κ3) is 3.17. The fourth-order valence-electron chi connectivity index (χ4n) is 1.66. The molecule has 1 heterocycles. The van der Waals surface area contributed by atoms with Crippen molar-refractivity contribution in [3.05, 3.63) is 42.5 Å². The molecule has 1 atom stereocenters. The van der Waals surface area contributed by atoms with E-state index in [0.29, 0.717) is 0 Å². The summed E-state index contributed by atoms with van der Waals surface area (Å²) < 4.78 is 54.2. The molecule has 1 aromatic carbocycles. The second-order valence-corrected chi connectivity index (χ2v) is 5.87. The van der Waals surface area contributed by atoms with Gasteiger partial charge in [-0.25, -0.2) is 26.9 Å². The van der Waals surface area contributed by atoms with Gasteiger partial charge in [0, 0.05) is 6.04 Å². The summed E-state index contributed by atoms with van der Waals surface area (Å²) in [6, 6.07) is 2.43. The molecule has 2 aromatic rings. The normalized spacial score (nSPS) is 13.3. The van der Waals surface area contributed by atoms with Crippen molar-refractivity contribution in [2.75, 3.05) is 0 Å². The minimum Gasteiger partial charge on any atom is -0.251 e. The highest BCUT2D eigenvalue weighted by molar-refractivity contribution is 7.89. The van der Waals surface area contributed by atoms with Crippen LogP contribution in [0.25, 0.3) is 0 Å². The van der Waals surface area contributed by atoms with E-state index < -0.39 is 32.6 Å². The minimum absolute atomic E-state index is 0.218. The molecule has 1 unspecified atom stereocenters. The van der Waals surface area contributed by atoms with Crippen molar-refractivity contribution in [1.29, 1.82) is 0 Å². The van der Waals surface area contributed by atoms with E-state index in [4.69, 9.17) is 0 Å². The van der Waals surface area contributed by atoms with Gasteiger partial charge in [0.1, 0.15) is 17.6 Å². The molecule has 108 valence electrons. The van der Waals surface area contributed by atoms with Gasteiger partial charge >= 0.3 is 0 Å². The maximum Gasteiger partial charge on any atom is 0.243 e. The molecule has 0 saturated carbocycles. The van der Waals surface area contributed by atoms with E-state index in [0.717, 1.165) is 18.2 Å². The van der Waals surface area contributed by atoms with E-state index in [-0.39, 0.29) is 6.54 Å². The fourth-order valence-corrected chi connectivity index (χ4v) is 2.99. The number of rotatable bonds is 5. The smallest absolute Gasteiger partial charge is 0.243 e. The van der Waals surface area contributed by atoms with Crippen molar-refractivity contribution < 1.29 is 17.2 Å². The van der Waals surface area contributed by atoms with Gasteiger partial charge < -0.3 is 0 Å².